The van der Waals surface area contributed by atoms with Crippen LogP contribution in [0.25, 0.3) is 27.6 Å². The van der Waals surface area contributed by atoms with Gasteiger partial charge in [0.25, 0.3) is 0 Å². The number of aromatic carboxylic acids is 1. The van der Waals surface area contributed by atoms with Crippen LogP contribution in [0.1, 0.15) is 10.5 Å². The van der Waals surface area contributed by atoms with Gasteiger partial charge in [0.05, 0.1) is 0 Å². The molecule has 6 heteroatoms. The van der Waals surface area contributed by atoms with E-state index < -0.39 is 5.97 Å². The number of para-hydroxylation sites is 2. The molecule has 2 aromatic carbocycles. The molecule has 0 aliphatic carbocycles. The Morgan fingerprint density at radius 2 is 1.50 bits per heavy atom. The van der Waals surface area contributed by atoms with Crippen molar-refractivity contribution in [1.82, 2.24) is 14.5 Å². The topological polar surface area (TPSA) is 68.0 Å². The first-order chi connectivity index (χ1) is 13.8. The number of carbonyl (C=O) groups is 1. The van der Waals surface area contributed by atoms with Crippen molar-refractivity contribution in [2.24, 2.45) is 0 Å². The van der Waals surface area contributed by atoms with Crippen LogP contribution in [0.3, 0.4) is 0 Å². The maximum atomic E-state index is 10.1. The zero-order valence-electron chi connectivity index (χ0n) is 16.2. The first-order valence-electron chi connectivity index (χ1n) is 8.71. The fourth-order valence-electron chi connectivity index (χ4n) is 3.06. The van der Waals surface area contributed by atoms with Crippen molar-refractivity contribution in [2.45, 2.75) is 0 Å². The molecule has 0 saturated carbocycles. The summed E-state index contributed by atoms with van der Waals surface area (Å²) in [4.78, 5) is 18.2. The zero-order valence-corrected chi connectivity index (χ0v) is 18.6. The van der Waals surface area contributed by atoms with Crippen LogP contribution in [0.15, 0.2) is 91.3 Å². The largest absolute Gasteiger partial charge is 0.477 e. The predicted molar refractivity (Wildman–Crippen MR) is 115 cm³/mol. The molecule has 0 aliphatic heterocycles. The van der Waals surface area contributed by atoms with Crippen molar-refractivity contribution in [3.8, 4) is 5.82 Å². The molecule has 0 spiro atoms. The molecule has 0 amide bonds. The average molecular weight is 574 g/mol. The molecule has 3 heterocycles. The number of carboxylic acid groups (broad SMARTS) is 1. The number of fused-ring (bicyclic) bond motifs is 3. The van der Waals surface area contributed by atoms with E-state index in [-0.39, 0.29) is 33.2 Å². The standard InChI is InChI=1S/C17H11N2.C6H5NO2.CH3.Ir/c1-3-9-15-13(7-1)14-8-2-4-10-16(14)19(15)17-11-5-6-12-18-17;8-6(9)5-3-1-2-4-7-5;;/h1-9,11-12H;1-4H,(H,8,9);1H3;/q-1;;-1;. The molecule has 5 nitrogen and oxygen atoms in total. The van der Waals surface area contributed by atoms with E-state index in [1.807, 2.05) is 36.5 Å². The second-order valence-electron chi connectivity index (χ2n) is 5.99. The Labute approximate surface area is 188 Å². The molecule has 5 rings (SSSR count). The predicted octanol–water partition coefficient (Wildman–Crippen LogP) is 5.21. The number of benzene rings is 2. The van der Waals surface area contributed by atoms with Crippen LogP contribution in [0, 0.1) is 13.5 Å². The number of aromatic nitrogens is 3. The van der Waals surface area contributed by atoms with Crippen molar-refractivity contribution < 1.29 is 30.0 Å². The maximum absolute atomic E-state index is 10.1. The van der Waals surface area contributed by atoms with Crippen molar-refractivity contribution in [1.29, 1.82) is 0 Å². The summed E-state index contributed by atoms with van der Waals surface area (Å²) >= 11 is 0. The maximum Gasteiger partial charge on any atom is 0.354 e. The monoisotopic (exact) mass is 574 g/mol. The summed E-state index contributed by atoms with van der Waals surface area (Å²) in [6.45, 7) is 0. The minimum atomic E-state index is -0.990. The molecule has 1 N–H and O–H groups in total. The summed E-state index contributed by atoms with van der Waals surface area (Å²) in [7, 11) is 0. The van der Waals surface area contributed by atoms with Gasteiger partial charge in [-0.2, -0.15) is 24.3 Å². The molecular formula is C24H19IrN3O2-2. The first-order valence-corrected chi connectivity index (χ1v) is 8.71. The third-order valence-electron chi connectivity index (χ3n) is 4.26. The van der Waals surface area contributed by atoms with Crippen LogP contribution in [-0.2, 0) is 20.1 Å². The van der Waals surface area contributed by atoms with Crippen LogP contribution in [0.2, 0.25) is 0 Å². The molecule has 153 valence electrons. The van der Waals surface area contributed by atoms with Gasteiger partial charge in [0.15, 0.2) is 0 Å². The number of rotatable bonds is 2. The van der Waals surface area contributed by atoms with Gasteiger partial charge >= 0.3 is 5.97 Å². The SMILES string of the molecule is O=C(O)c1ccccn1.[CH3-].[Ir].[c-]1cccc2c3ccccc3n(-c3ccccn3)c12. The summed E-state index contributed by atoms with van der Waals surface area (Å²) in [5.74, 6) is -0.0632. The Balaban J connectivity index is 0.000000251. The fourth-order valence-corrected chi connectivity index (χ4v) is 3.06. The van der Waals surface area contributed by atoms with Crippen molar-refractivity contribution >= 4 is 27.8 Å². The van der Waals surface area contributed by atoms with Crippen LogP contribution < -0.4 is 0 Å². The fraction of sp³-hybridized carbons (Fsp3) is 0. The number of pyridine rings is 2. The summed E-state index contributed by atoms with van der Waals surface area (Å²) in [5.41, 5.74) is 2.32. The van der Waals surface area contributed by atoms with Gasteiger partial charge in [0.2, 0.25) is 0 Å². The second-order valence-corrected chi connectivity index (χ2v) is 5.99. The molecule has 0 unspecified atom stereocenters. The van der Waals surface area contributed by atoms with Gasteiger partial charge < -0.3 is 17.1 Å². The van der Waals surface area contributed by atoms with Crippen molar-refractivity contribution in [3.63, 3.8) is 0 Å². The Bertz CT molecular complexity index is 1190. The summed E-state index contributed by atoms with van der Waals surface area (Å²) in [6, 6.07) is 28.5. The number of nitrogens with zero attached hydrogens (tertiary/aromatic N) is 3. The molecule has 30 heavy (non-hydrogen) atoms. The molecule has 0 aliphatic rings. The van der Waals surface area contributed by atoms with Gasteiger partial charge in [-0.05, 0) is 35.7 Å². The van der Waals surface area contributed by atoms with E-state index in [1.54, 1.807) is 12.1 Å². The minimum absolute atomic E-state index is 0. The van der Waals surface area contributed by atoms with Crippen LogP contribution >= 0.6 is 0 Å². The molecule has 0 atom stereocenters. The van der Waals surface area contributed by atoms with Crippen LogP contribution in [0.4, 0.5) is 0 Å². The Kier molecular flexibility index (Phi) is 7.98. The number of hydrogen-bond acceptors (Lipinski definition) is 3. The van der Waals surface area contributed by atoms with Gasteiger partial charge in [0.1, 0.15) is 11.5 Å². The van der Waals surface area contributed by atoms with Crippen molar-refractivity contribution in [3.05, 3.63) is 110 Å². The van der Waals surface area contributed by atoms with E-state index in [1.165, 1.54) is 28.6 Å². The van der Waals surface area contributed by atoms with E-state index >= 15 is 0 Å². The van der Waals surface area contributed by atoms with E-state index in [2.05, 4.69) is 50.9 Å². The molecule has 0 saturated heterocycles. The van der Waals surface area contributed by atoms with Gasteiger partial charge in [-0.3, -0.25) is 0 Å². The first kappa shape index (κ1) is 22.9. The Morgan fingerprint density at radius 3 is 2.13 bits per heavy atom. The quantitative estimate of drug-likeness (QED) is 0.295. The van der Waals surface area contributed by atoms with E-state index in [9.17, 15) is 4.79 Å². The Morgan fingerprint density at radius 1 is 0.833 bits per heavy atom. The normalized spacial score (nSPS) is 9.73. The van der Waals surface area contributed by atoms with Gasteiger partial charge in [-0.25, -0.2) is 14.8 Å². The third-order valence-corrected chi connectivity index (χ3v) is 4.26. The van der Waals surface area contributed by atoms with Crippen LogP contribution in [-0.4, -0.2) is 25.6 Å². The van der Waals surface area contributed by atoms with E-state index in [4.69, 9.17) is 5.11 Å². The van der Waals surface area contributed by atoms with Crippen molar-refractivity contribution in [2.75, 3.05) is 0 Å². The van der Waals surface area contributed by atoms with Crippen LogP contribution in [0.5, 0.6) is 0 Å². The molecule has 5 aromatic rings. The molecule has 0 fully saturated rings. The zero-order chi connectivity index (χ0) is 19.3. The summed E-state index contributed by atoms with van der Waals surface area (Å²) in [5, 5.41) is 10.8. The number of carboxylic acids is 1. The van der Waals surface area contributed by atoms with E-state index in [0.29, 0.717) is 0 Å². The minimum Gasteiger partial charge on any atom is -0.477 e. The Hall–Kier alpha value is -3.34. The van der Waals surface area contributed by atoms with Gasteiger partial charge in [-0.15, -0.1) is 5.39 Å². The molecule has 1 radical (unpaired) electrons. The summed E-state index contributed by atoms with van der Waals surface area (Å²) < 4.78 is 2.16. The summed E-state index contributed by atoms with van der Waals surface area (Å²) in [6.07, 6.45) is 3.27. The van der Waals surface area contributed by atoms with Gasteiger partial charge in [-0.1, -0.05) is 35.8 Å². The number of hydrogen-bond donors (Lipinski definition) is 1. The molecule has 0 bridgehead atoms. The molecule has 3 aromatic heterocycles. The van der Waals surface area contributed by atoms with Gasteiger partial charge in [0, 0.05) is 38.0 Å². The third kappa shape index (κ3) is 4.62. The second kappa shape index (κ2) is 10.4. The molecular weight excluding hydrogens is 555 g/mol. The smallest absolute Gasteiger partial charge is 0.354 e. The average Bonchev–Trinajstić information content (AvgIpc) is 3.10. The van der Waals surface area contributed by atoms with E-state index in [0.717, 1.165) is 11.3 Å².